The number of nitrogens with zero attached hydrogens (tertiary/aromatic N) is 4. The SMILES string of the molecule is Cn1nccc1S(=O)(=O)N1CCNCC1c1cccnc1. The molecule has 1 unspecified atom stereocenters. The summed E-state index contributed by atoms with van der Waals surface area (Å²) in [6.07, 6.45) is 4.89. The van der Waals surface area contributed by atoms with Crippen molar-refractivity contribution in [3.63, 3.8) is 0 Å². The molecule has 112 valence electrons. The van der Waals surface area contributed by atoms with Gasteiger partial charge in [-0.1, -0.05) is 6.07 Å². The quantitative estimate of drug-likeness (QED) is 0.873. The Labute approximate surface area is 123 Å². The highest BCUT2D eigenvalue weighted by atomic mass is 32.2. The van der Waals surface area contributed by atoms with Gasteiger partial charge in [-0.15, -0.1) is 0 Å². The zero-order chi connectivity index (χ0) is 14.9. The van der Waals surface area contributed by atoms with Crippen molar-refractivity contribution in [3.05, 3.63) is 42.4 Å². The Morgan fingerprint density at radius 3 is 2.86 bits per heavy atom. The Balaban J connectivity index is 2.01. The van der Waals surface area contributed by atoms with Gasteiger partial charge < -0.3 is 5.32 Å². The first-order chi connectivity index (χ1) is 10.1. The van der Waals surface area contributed by atoms with E-state index < -0.39 is 10.0 Å². The fraction of sp³-hybridized carbons (Fsp3) is 0.385. The smallest absolute Gasteiger partial charge is 0.260 e. The first-order valence-corrected chi connectivity index (χ1v) is 8.15. The highest BCUT2D eigenvalue weighted by Gasteiger charge is 2.35. The van der Waals surface area contributed by atoms with Crippen LogP contribution in [0, 0.1) is 0 Å². The maximum atomic E-state index is 12.9. The van der Waals surface area contributed by atoms with E-state index in [4.69, 9.17) is 0 Å². The van der Waals surface area contributed by atoms with Gasteiger partial charge in [-0.2, -0.15) is 9.40 Å². The van der Waals surface area contributed by atoms with E-state index in [0.717, 1.165) is 5.56 Å². The normalized spacial score (nSPS) is 20.5. The van der Waals surface area contributed by atoms with Gasteiger partial charge in [-0.3, -0.25) is 9.67 Å². The lowest BCUT2D eigenvalue weighted by atomic mass is 10.1. The first-order valence-electron chi connectivity index (χ1n) is 6.71. The van der Waals surface area contributed by atoms with Crippen LogP contribution in [0.1, 0.15) is 11.6 Å². The maximum absolute atomic E-state index is 12.9. The Morgan fingerprint density at radius 1 is 1.33 bits per heavy atom. The lowest BCUT2D eigenvalue weighted by molar-refractivity contribution is 0.269. The average molecular weight is 307 g/mol. The maximum Gasteiger partial charge on any atom is 0.260 e. The number of piperazine rings is 1. The third kappa shape index (κ3) is 2.57. The number of sulfonamides is 1. The molecule has 1 N–H and O–H groups in total. The van der Waals surface area contributed by atoms with E-state index in [1.807, 2.05) is 12.1 Å². The van der Waals surface area contributed by atoms with Crippen molar-refractivity contribution in [1.29, 1.82) is 0 Å². The number of rotatable bonds is 3. The van der Waals surface area contributed by atoms with Gasteiger partial charge in [-0.25, -0.2) is 8.42 Å². The fourth-order valence-electron chi connectivity index (χ4n) is 2.57. The minimum absolute atomic E-state index is 0.207. The molecule has 2 aromatic heterocycles. The summed E-state index contributed by atoms with van der Waals surface area (Å²) in [7, 11) is -1.95. The molecular formula is C13H17N5O2S. The number of hydrogen-bond donors (Lipinski definition) is 1. The van der Waals surface area contributed by atoms with Crippen LogP contribution in [0.15, 0.2) is 41.8 Å². The summed E-state index contributed by atoms with van der Waals surface area (Å²) in [6, 6.07) is 4.99. The minimum atomic E-state index is -3.58. The van der Waals surface area contributed by atoms with Gasteiger partial charge in [0, 0.05) is 39.1 Å². The van der Waals surface area contributed by atoms with E-state index in [0.29, 0.717) is 19.6 Å². The van der Waals surface area contributed by atoms with Gasteiger partial charge in [0.25, 0.3) is 10.0 Å². The van der Waals surface area contributed by atoms with Crippen molar-refractivity contribution in [2.45, 2.75) is 11.1 Å². The van der Waals surface area contributed by atoms with Crippen LogP contribution >= 0.6 is 0 Å². The molecule has 2 aromatic rings. The van der Waals surface area contributed by atoms with Crippen molar-refractivity contribution >= 4 is 10.0 Å². The molecule has 0 aliphatic carbocycles. The monoisotopic (exact) mass is 307 g/mol. The molecule has 1 saturated heterocycles. The van der Waals surface area contributed by atoms with Crippen LogP contribution < -0.4 is 5.32 Å². The molecule has 0 spiro atoms. The number of aryl methyl sites for hydroxylation is 1. The topological polar surface area (TPSA) is 80.1 Å². The highest BCUT2D eigenvalue weighted by molar-refractivity contribution is 7.89. The van der Waals surface area contributed by atoms with Gasteiger partial charge in [0.2, 0.25) is 0 Å². The van der Waals surface area contributed by atoms with Crippen molar-refractivity contribution in [2.24, 2.45) is 7.05 Å². The molecule has 0 amide bonds. The summed E-state index contributed by atoms with van der Waals surface area (Å²) in [4.78, 5) is 4.09. The van der Waals surface area contributed by atoms with E-state index in [2.05, 4.69) is 15.4 Å². The highest BCUT2D eigenvalue weighted by Crippen LogP contribution is 2.28. The first kappa shape index (κ1) is 14.2. The number of pyridine rings is 1. The summed E-state index contributed by atoms with van der Waals surface area (Å²) >= 11 is 0. The molecule has 7 nitrogen and oxygen atoms in total. The molecule has 1 aliphatic rings. The zero-order valence-corrected chi connectivity index (χ0v) is 12.5. The molecule has 3 rings (SSSR count). The van der Waals surface area contributed by atoms with Crippen molar-refractivity contribution in [2.75, 3.05) is 19.6 Å². The fourth-order valence-corrected chi connectivity index (χ4v) is 4.28. The predicted molar refractivity (Wildman–Crippen MR) is 76.9 cm³/mol. The van der Waals surface area contributed by atoms with Crippen molar-refractivity contribution < 1.29 is 8.42 Å². The third-order valence-electron chi connectivity index (χ3n) is 3.61. The Morgan fingerprint density at radius 2 is 2.19 bits per heavy atom. The minimum Gasteiger partial charge on any atom is -0.313 e. The van der Waals surface area contributed by atoms with Crippen LogP contribution in [-0.4, -0.2) is 47.1 Å². The molecule has 1 fully saturated rings. The molecule has 1 aliphatic heterocycles. The lowest BCUT2D eigenvalue weighted by Gasteiger charge is -2.35. The van der Waals surface area contributed by atoms with E-state index in [1.54, 1.807) is 19.4 Å². The molecule has 0 saturated carbocycles. The Bertz CT molecular complexity index is 713. The van der Waals surface area contributed by atoms with Crippen LogP contribution in [0.25, 0.3) is 0 Å². The molecular weight excluding hydrogens is 290 g/mol. The number of nitrogens with one attached hydrogen (secondary N) is 1. The van der Waals surface area contributed by atoms with Crippen molar-refractivity contribution in [3.8, 4) is 0 Å². The van der Waals surface area contributed by atoms with Crippen LogP contribution in [0.3, 0.4) is 0 Å². The molecule has 21 heavy (non-hydrogen) atoms. The van der Waals surface area contributed by atoms with Gasteiger partial charge >= 0.3 is 0 Å². The summed E-state index contributed by atoms with van der Waals surface area (Å²) in [5.41, 5.74) is 0.885. The summed E-state index contributed by atoms with van der Waals surface area (Å²) in [5, 5.41) is 7.40. The van der Waals surface area contributed by atoms with E-state index in [-0.39, 0.29) is 11.1 Å². The lowest BCUT2D eigenvalue weighted by Crippen LogP contribution is -2.48. The van der Waals surface area contributed by atoms with Crippen LogP contribution in [0.2, 0.25) is 0 Å². The van der Waals surface area contributed by atoms with Crippen LogP contribution in [0.5, 0.6) is 0 Å². The van der Waals surface area contributed by atoms with Gasteiger partial charge in [0.1, 0.15) is 0 Å². The summed E-state index contributed by atoms with van der Waals surface area (Å²) < 4.78 is 28.7. The van der Waals surface area contributed by atoms with Crippen molar-refractivity contribution in [1.82, 2.24) is 24.4 Å². The van der Waals surface area contributed by atoms with Crippen LogP contribution in [-0.2, 0) is 17.1 Å². The van der Waals surface area contributed by atoms with Gasteiger partial charge in [-0.05, 0) is 17.7 Å². The Kier molecular flexibility index (Phi) is 3.75. The van der Waals surface area contributed by atoms with E-state index in [1.165, 1.54) is 21.3 Å². The molecule has 3 heterocycles. The molecule has 8 heteroatoms. The molecule has 0 radical (unpaired) electrons. The second-order valence-corrected chi connectivity index (χ2v) is 6.75. The van der Waals surface area contributed by atoms with E-state index >= 15 is 0 Å². The molecule has 0 bridgehead atoms. The zero-order valence-electron chi connectivity index (χ0n) is 11.7. The van der Waals surface area contributed by atoms with Gasteiger partial charge in [0.05, 0.1) is 12.2 Å². The third-order valence-corrected chi connectivity index (χ3v) is 5.60. The largest absolute Gasteiger partial charge is 0.313 e. The second kappa shape index (κ2) is 5.55. The molecule has 0 aromatic carbocycles. The predicted octanol–water partition coefficient (Wildman–Crippen LogP) is 0.150. The van der Waals surface area contributed by atoms with Gasteiger partial charge in [0.15, 0.2) is 5.03 Å². The number of hydrogen-bond acceptors (Lipinski definition) is 5. The van der Waals surface area contributed by atoms with E-state index in [9.17, 15) is 8.42 Å². The summed E-state index contributed by atoms with van der Waals surface area (Å²) in [5.74, 6) is 0. The van der Waals surface area contributed by atoms with Crippen LogP contribution in [0.4, 0.5) is 0 Å². The Hall–Kier alpha value is -1.77. The average Bonchev–Trinajstić information content (AvgIpc) is 2.95. The second-order valence-electron chi connectivity index (χ2n) is 4.92. The number of aromatic nitrogens is 3. The molecule has 1 atom stereocenters. The standard InChI is InChI=1S/C13H17N5O2S/c1-17-13(4-6-16-17)21(19,20)18-8-7-15-10-12(18)11-3-2-5-14-9-11/h2-6,9,12,15H,7-8,10H2,1H3. The summed E-state index contributed by atoms with van der Waals surface area (Å²) in [6.45, 7) is 1.63.